The third-order valence-electron chi connectivity index (χ3n) is 0. The Hall–Kier alpha value is 2.14. The molecule has 0 aliphatic heterocycles. The van der Waals surface area contributed by atoms with E-state index in [9.17, 15) is 0 Å². The first-order chi connectivity index (χ1) is 0. The van der Waals surface area contributed by atoms with Gasteiger partial charge < -0.3 is 84.7 Å². The Bertz CT molecular complexity index is 22.2. The summed E-state index contributed by atoms with van der Waals surface area (Å²) < 4.78 is 0. The Balaban J connectivity index is 0. The summed E-state index contributed by atoms with van der Waals surface area (Å²) in [5.74, 6) is 0. The minimum absolute atomic E-state index is 0. The zero-order valence-electron chi connectivity index (χ0n) is 9.30. The maximum Gasteiger partial charge on any atom is 4.00 e. The molecule has 0 unspecified atom stereocenters. The van der Waals surface area contributed by atoms with Gasteiger partial charge in [-0.25, -0.2) is 0 Å². The van der Waals surface area contributed by atoms with E-state index in [1.807, 2.05) is 0 Å². The van der Waals surface area contributed by atoms with Gasteiger partial charge in [0.1, 0.15) is 0 Å². The molecule has 0 atom stereocenters. The summed E-state index contributed by atoms with van der Waals surface area (Å²) in [4.78, 5) is 0. The van der Waals surface area contributed by atoms with Crippen LogP contribution in [0.3, 0.4) is 0 Å². The first-order valence-electron chi connectivity index (χ1n) is 0. The molecule has 146 valence electrons. The van der Waals surface area contributed by atoms with Crippen LogP contribution in [-0.4, -0.2) is 32.9 Å². The van der Waals surface area contributed by atoms with Gasteiger partial charge in [-0.2, -0.15) is 0 Å². The van der Waals surface area contributed by atoms with Gasteiger partial charge in [0.05, 0.1) is 0 Å². The first-order valence-corrected chi connectivity index (χ1v) is 0. The van der Waals surface area contributed by atoms with Crippen LogP contribution in [0.4, 0.5) is 0 Å². The van der Waals surface area contributed by atoms with Crippen molar-refractivity contribution < 1.29 is 168 Å². The average Bonchev–Trinajstić information content (AvgIpc) is 0. The molecule has 0 aromatic carbocycles. The quantitative estimate of drug-likeness (QED) is 0.174. The summed E-state index contributed by atoms with van der Waals surface area (Å²) in [7, 11) is 0. The van der Waals surface area contributed by atoms with E-state index in [0.29, 0.717) is 0 Å². The molecular formula is Ce2F18Si3. The molecule has 2 radical (unpaired) electrons. The molecular weight excluding hydrogens is 706 g/mol. The van der Waals surface area contributed by atoms with Crippen LogP contribution in [0.5, 0.6) is 0 Å². The predicted molar refractivity (Wildman–Crippen MR) is 17.3 cm³/mol. The summed E-state index contributed by atoms with van der Waals surface area (Å²) in [6.45, 7) is 0. The van der Waals surface area contributed by atoms with E-state index in [4.69, 9.17) is 0 Å². The van der Waals surface area contributed by atoms with E-state index < -0.39 is 0 Å². The van der Waals surface area contributed by atoms with Crippen molar-refractivity contribution in [1.29, 1.82) is 0 Å². The molecule has 0 saturated carbocycles. The zero-order chi connectivity index (χ0) is 0. The van der Waals surface area contributed by atoms with E-state index in [-0.39, 0.29) is 201 Å². The SMILES string of the molecule is [Ce+3].[Ce+3].[F-].[F-].[F-].[F-].[F-].[F-].[F-].[F-].[F-].[F-].[F-].[F-].[F-].[F-].[F-].[F-].[F-].[F-].[Si+4].[Si+4].[Si+4]. The van der Waals surface area contributed by atoms with Crippen LogP contribution in [0.25, 0.3) is 0 Å². The molecule has 0 rings (SSSR count). The largest absolute Gasteiger partial charge is 4.00 e. The van der Waals surface area contributed by atoms with Gasteiger partial charge in [-0.1, -0.05) is 0 Å². The van der Waals surface area contributed by atoms with Crippen LogP contribution in [-0.2, 0) is 0 Å². The molecule has 0 N–H and O–H groups in total. The monoisotopic (exact) mass is 706 g/mol. The van der Waals surface area contributed by atoms with Gasteiger partial charge in [-0.15, -0.1) is 0 Å². The van der Waals surface area contributed by atoms with Gasteiger partial charge in [-0.05, 0) is 0 Å². The minimum atomic E-state index is 0. The Morgan fingerprint density at radius 3 is 0.130 bits per heavy atom. The van der Waals surface area contributed by atoms with Gasteiger partial charge in [-0.3, -0.25) is 0 Å². The summed E-state index contributed by atoms with van der Waals surface area (Å²) in [5.41, 5.74) is 0. The Morgan fingerprint density at radius 2 is 0.130 bits per heavy atom. The van der Waals surface area contributed by atoms with Crippen LogP contribution in [0.2, 0.25) is 0 Å². The van der Waals surface area contributed by atoms with Crippen LogP contribution in [0, 0.1) is 83.5 Å². The summed E-state index contributed by atoms with van der Waals surface area (Å²) in [6, 6.07) is 0. The van der Waals surface area contributed by atoms with Gasteiger partial charge in [0.2, 0.25) is 0 Å². The zero-order valence-corrected chi connectivity index (χ0v) is 18.6. The summed E-state index contributed by atoms with van der Waals surface area (Å²) >= 11 is 0. The average molecular weight is 706 g/mol. The van der Waals surface area contributed by atoms with Crippen LogP contribution < -0.4 is 84.7 Å². The molecule has 0 saturated heterocycles. The molecule has 0 aliphatic rings. The maximum atomic E-state index is 0. The van der Waals surface area contributed by atoms with E-state index >= 15 is 0 Å². The van der Waals surface area contributed by atoms with Crippen molar-refractivity contribution >= 4 is 32.9 Å². The molecule has 0 spiro atoms. The number of hydrogen-bond acceptors (Lipinski definition) is 0. The third-order valence-corrected chi connectivity index (χ3v) is 0. The van der Waals surface area contributed by atoms with Crippen molar-refractivity contribution in [1.82, 2.24) is 0 Å². The third kappa shape index (κ3) is 2580. The molecule has 0 amide bonds. The van der Waals surface area contributed by atoms with Gasteiger partial charge >= 0.3 is 116 Å². The van der Waals surface area contributed by atoms with E-state index in [1.54, 1.807) is 0 Å². The molecule has 0 aromatic heterocycles. The smallest absolute Gasteiger partial charge is 1.00 e. The fourth-order valence-corrected chi connectivity index (χ4v) is 0. The molecule has 0 fully saturated rings. The fraction of sp³-hybridized carbons (Fsp3) is 0. The van der Waals surface area contributed by atoms with Crippen molar-refractivity contribution in [3.63, 3.8) is 0 Å². The second kappa shape index (κ2) is 2810. The molecule has 23 heteroatoms. The number of rotatable bonds is 0. The summed E-state index contributed by atoms with van der Waals surface area (Å²) in [6.07, 6.45) is 0. The Morgan fingerprint density at radius 1 is 0.130 bits per heavy atom. The molecule has 23 heavy (non-hydrogen) atoms. The minimum Gasteiger partial charge on any atom is -1.00 e. The van der Waals surface area contributed by atoms with Crippen molar-refractivity contribution in [3.05, 3.63) is 0 Å². The normalized spacial score (nSPS) is 0. The van der Waals surface area contributed by atoms with Gasteiger partial charge in [0.15, 0.2) is 0 Å². The fourth-order valence-electron chi connectivity index (χ4n) is 0. The number of hydrogen-bond donors (Lipinski definition) is 0. The second-order valence-corrected chi connectivity index (χ2v) is 0. The molecule has 0 nitrogen and oxygen atoms in total. The predicted octanol–water partition coefficient (Wildman–Crippen LogP) is -55.1. The maximum absolute atomic E-state index is 0. The van der Waals surface area contributed by atoms with Crippen molar-refractivity contribution in [2.75, 3.05) is 0 Å². The summed E-state index contributed by atoms with van der Waals surface area (Å²) in [5, 5.41) is 0. The Kier molecular flexibility index (Phi) is 390000. The topological polar surface area (TPSA) is 0 Å². The van der Waals surface area contributed by atoms with Crippen molar-refractivity contribution in [3.8, 4) is 0 Å². The Labute approximate surface area is 199 Å². The standard InChI is InChI=1S/2Ce.18FH.3Si/h;;18*1H;;;/q2*+3;;;;;;;;;;;;;;;;;;;3*+4/p-18. The van der Waals surface area contributed by atoms with Crippen LogP contribution in [0.15, 0.2) is 0 Å². The van der Waals surface area contributed by atoms with Crippen LogP contribution in [0.1, 0.15) is 0 Å². The van der Waals surface area contributed by atoms with Crippen molar-refractivity contribution in [2.24, 2.45) is 0 Å². The molecule has 0 aliphatic carbocycles. The van der Waals surface area contributed by atoms with Crippen molar-refractivity contribution in [2.45, 2.75) is 0 Å². The van der Waals surface area contributed by atoms with E-state index in [2.05, 4.69) is 0 Å². The van der Waals surface area contributed by atoms with Gasteiger partial charge in [0.25, 0.3) is 0 Å². The van der Waals surface area contributed by atoms with Crippen LogP contribution >= 0.6 is 0 Å². The first kappa shape index (κ1) is 3190. The number of halogens is 18. The van der Waals surface area contributed by atoms with E-state index in [1.165, 1.54) is 0 Å². The molecule has 0 aromatic rings. The molecule has 0 heterocycles. The molecule has 0 bridgehead atoms. The second-order valence-electron chi connectivity index (χ2n) is 0. The van der Waals surface area contributed by atoms with E-state index in [0.717, 1.165) is 0 Å². The van der Waals surface area contributed by atoms with Gasteiger partial charge in [0, 0.05) is 0 Å².